The number of amides is 1. The molecule has 1 saturated carbocycles. The Labute approximate surface area is 232 Å². The molecule has 11 heteroatoms. The van der Waals surface area contributed by atoms with E-state index in [-0.39, 0.29) is 11.8 Å². The van der Waals surface area contributed by atoms with Gasteiger partial charge in [0.05, 0.1) is 39.1 Å². The van der Waals surface area contributed by atoms with Crippen LogP contribution in [-0.4, -0.2) is 41.0 Å². The number of fused-ring (bicyclic) bond motifs is 2. The third-order valence-corrected chi connectivity index (χ3v) is 8.41. The van der Waals surface area contributed by atoms with Crippen LogP contribution in [0.4, 0.5) is 5.69 Å². The molecule has 0 aromatic carbocycles. The lowest BCUT2D eigenvalue weighted by molar-refractivity contribution is -0.120. The number of thiophene rings is 1. The SMILES string of the molecule is O=C(Nc1cncc(-c2ccc3[nH]nc(-c4nc5c(-c6ccc(Cl)s6)cncc5[nH]4)c3n2)c1)C1CCCCC1. The average Bonchev–Trinajstić information content (AvgIpc) is 3.71. The quantitative estimate of drug-likeness (QED) is 0.214. The van der Waals surface area contributed by atoms with Gasteiger partial charge in [0.15, 0.2) is 11.5 Å². The number of hydrogen-bond donors (Lipinski definition) is 3. The summed E-state index contributed by atoms with van der Waals surface area (Å²) in [4.78, 5) is 35.6. The van der Waals surface area contributed by atoms with Crippen molar-refractivity contribution >= 4 is 56.6 Å². The van der Waals surface area contributed by atoms with Crippen molar-refractivity contribution in [3.8, 4) is 33.2 Å². The fraction of sp³-hybridized carbons (Fsp3) is 0.214. The molecular formula is C28H23ClN8OS. The van der Waals surface area contributed by atoms with Crippen molar-refractivity contribution in [2.24, 2.45) is 5.92 Å². The third kappa shape index (κ3) is 4.55. The van der Waals surface area contributed by atoms with Crippen molar-refractivity contribution < 1.29 is 4.79 Å². The monoisotopic (exact) mass is 554 g/mol. The number of carbonyl (C=O) groups excluding carboxylic acids is 1. The predicted molar refractivity (Wildman–Crippen MR) is 154 cm³/mol. The number of hydrogen-bond acceptors (Lipinski definition) is 7. The van der Waals surface area contributed by atoms with Crippen LogP contribution in [0.3, 0.4) is 0 Å². The van der Waals surface area contributed by atoms with E-state index < -0.39 is 0 Å². The van der Waals surface area contributed by atoms with Crippen molar-refractivity contribution in [3.63, 3.8) is 0 Å². The molecule has 1 aliphatic rings. The maximum absolute atomic E-state index is 12.8. The molecule has 39 heavy (non-hydrogen) atoms. The summed E-state index contributed by atoms with van der Waals surface area (Å²) >= 11 is 7.65. The van der Waals surface area contributed by atoms with E-state index in [4.69, 9.17) is 21.6 Å². The average molecular weight is 555 g/mol. The standard InChI is InChI=1S/C28H23ClN8OS/c29-23-9-8-22(39-23)18-13-31-14-21-24(18)35-27(34-21)26-25-20(36-37-26)7-6-19(33-25)16-10-17(12-30-11-16)32-28(38)15-4-2-1-3-5-15/h6-15H,1-5H2,(H,32,38)(H,34,35)(H,36,37). The summed E-state index contributed by atoms with van der Waals surface area (Å²) in [6.45, 7) is 0. The molecule has 6 aromatic heterocycles. The van der Waals surface area contributed by atoms with E-state index in [0.717, 1.165) is 63.9 Å². The predicted octanol–water partition coefficient (Wildman–Crippen LogP) is 6.86. The molecule has 0 bridgehead atoms. The number of carbonyl (C=O) groups is 1. The molecule has 1 amide bonds. The fourth-order valence-electron chi connectivity index (χ4n) is 5.17. The number of aromatic amines is 2. The lowest BCUT2D eigenvalue weighted by Gasteiger charge is -2.20. The van der Waals surface area contributed by atoms with E-state index in [2.05, 4.69) is 30.5 Å². The summed E-state index contributed by atoms with van der Waals surface area (Å²) in [7, 11) is 0. The van der Waals surface area contributed by atoms with Gasteiger partial charge in [0.25, 0.3) is 0 Å². The van der Waals surface area contributed by atoms with E-state index in [1.807, 2.05) is 30.3 Å². The number of aromatic nitrogens is 7. The Morgan fingerprint density at radius 3 is 2.67 bits per heavy atom. The van der Waals surface area contributed by atoms with Gasteiger partial charge in [0.1, 0.15) is 11.0 Å². The first-order valence-electron chi connectivity index (χ1n) is 12.8. The molecule has 0 unspecified atom stereocenters. The van der Waals surface area contributed by atoms with Gasteiger partial charge in [-0.1, -0.05) is 30.9 Å². The molecule has 3 N–H and O–H groups in total. The summed E-state index contributed by atoms with van der Waals surface area (Å²) in [6.07, 6.45) is 12.3. The molecule has 1 aliphatic carbocycles. The van der Waals surface area contributed by atoms with Gasteiger partial charge in [-0.3, -0.25) is 19.9 Å². The molecule has 6 heterocycles. The topological polar surface area (TPSA) is 125 Å². The van der Waals surface area contributed by atoms with Crippen LogP contribution >= 0.6 is 22.9 Å². The molecule has 0 saturated heterocycles. The molecule has 6 aromatic rings. The second-order valence-electron chi connectivity index (χ2n) is 9.72. The zero-order chi connectivity index (χ0) is 26.3. The maximum atomic E-state index is 12.8. The van der Waals surface area contributed by atoms with Gasteiger partial charge in [0, 0.05) is 34.3 Å². The number of nitrogens with one attached hydrogen (secondary N) is 3. The molecule has 1 fully saturated rings. The largest absolute Gasteiger partial charge is 0.335 e. The van der Waals surface area contributed by atoms with E-state index in [9.17, 15) is 4.79 Å². The molecular weight excluding hydrogens is 532 g/mol. The Morgan fingerprint density at radius 2 is 1.82 bits per heavy atom. The van der Waals surface area contributed by atoms with Gasteiger partial charge < -0.3 is 10.3 Å². The van der Waals surface area contributed by atoms with Crippen LogP contribution in [0.2, 0.25) is 4.34 Å². The highest BCUT2D eigenvalue weighted by Crippen LogP contribution is 2.36. The number of anilines is 1. The zero-order valence-corrected chi connectivity index (χ0v) is 22.3. The number of nitrogens with zero attached hydrogens (tertiary/aromatic N) is 5. The Bertz CT molecular complexity index is 1830. The highest BCUT2D eigenvalue weighted by Gasteiger charge is 2.22. The number of imidazole rings is 1. The van der Waals surface area contributed by atoms with Gasteiger partial charge in [-0.2, -0.15) is 5.10 Å². The van der Waals surface area contributed by atoms with Crippen LogP contribution in [0.15, 0.2) is 55.1 Å². The molecule has 0 radical (unpaired) electrons. The van der Waals surface area contributed by atoms with E-state index in [1.54, 1.807) is 24.8 Å². The Hall–Kier alpha value is -4.15. The fourth-order valence-corrected chi connectivity index (χ4v) is 6.22. The lowest BCUT2D eigenvalue weighted by atomic mass is 9.88. The van der Waals surface area contributed by atoms with E-state index in [0.29, 0.717) is 27.1 Å². The summed E-state index contributed by atoms with van der Waals surface area (Å²) < 4.78 is 0.708. The molecule has 7 rings (SSSR count). The Kier molecular flexibility index (Phi) is 6.05. The number of H-pyrrole nitrogens is 2. The van der Waals surface area contributed by atoms with Crippen LogP contribution < -0.4 is 5.32 Å². The summed E-state index contributed by atoms with van der Waals surface area (Å²) in [5.74, 6) is 0.726. The summed E-state index contributed by atoms with van der Waals surface area (Å²) in [5.41, 5.74) is 6.75. The summed E-state index contributed by atoms with van der Waals surface area (Å²) in [6, 6.07) is 9.59. The maximum Gasteiger partial charge on any atom is 0.227 e. The van der Waals surface area contributed by atoms with Crippen LogP contribution in [0.1, 0.15) is 32.1 Å². The highest BCUT2D eigenvalue weighted by molar-refractivity contribution is 7.19. The van der Waals surface area contributed by atoms with Gasteiger partial charge in [-0.15, -0.1) is 11.3 Å². The highest BCUT2D eigenvalue weighted by atomic mass is 35.5. The van der Waals surface area contributed by atoms with Gasteiger partial charge in [-0.25, -0.2) is 9.97 Å². The Morgan fingerprint density at radius 1 is 0.949 bits per heavy atom. The van der Waals surface area contributed by atoms with Crippen molar-refractivity contribution in [1.29, 1.82) is 0 Å². The van der Waals surface area contributed by atoms with E-state index in [1.165, 1.54) is 17.8 Å². The number of rotatable bonds is 5. The minimum Gasteiger partial charge on any atom is -0.335 e. The van der Waals surface area contributed by atoms with Crippen LogP contribution in [0.5, 0.6) is 0 Å². The third-order valence-electron chi connectivity index (χ3n) is 7.14. The van der Waals surface area contributed by atoms with Crippen molar-refractivity contribution in [2.45, 2.75) is 32.1 Å². The minimum atomic E-state index is 0.0674. The van der Waals surface area contributed by atoms with E-state index >= 15 is 0 Å². The first kappa shape index (κ1) is 23.9. The zero-order valence-electron chi connectivity index (χ0n) is 20.7. The van der Waals surface area contributed by atoms with Crippen molar-refractivity contribution in [1.82, 2.24) is 35.1 Å². The normalized spacial score (nSPS) is 14.3. The minimum absolute atomic E-state index is 0.0674. The molecule has 0 aliphatic heterocycles. The first-order valence-corrected chi connectivity index (χ1v) is 14.0. The molecule has 194 valence electrons. The number of halogens is 1. The van der Waals surface area contributed by atoms with Crippen LogP contribution in [-0.2, 0) is 4.79 Å². The van der Waals surface area contributed by atoms with Crippen molar-refractivity contribution in [3.05, 3.63) is 59.5 Å². The first-order chi connectivity index (χ1) is 19.1. The lowest BCUT2D eigenvalue weighted by Crippen LogP contribution is -2.24. The van der Waals surface area contributed by atoms with Crippen LogP contribution in [0, 0.1) is 5.92 Å². The smallest absolute Gasteiger partial charge is 0.227 e. The second kappa shape index (κ2) is 9.87. The molecule has 0 atom stereocenters. The molecule has 0 spiro atoms. The van der Waals surface area contributed by atoms with Crippen molar-refractivity contribution in [2.75, 3.05) is 5.32 Å². The van der Waals surface area contributed by atoms with Gasteiger partial charge in [0.2, 0.25) is 5.91 Å². The van der Waals surface area contributed by atoms with Gasteiger partial charge in [-0.05, 0) is 43.2 Å². The molecule has 9 nitrogen and oxygen atoms in total. The van der Waals surface area contributed by atoms with Gasteiger partial charge >= 0.3 is 0 Å². The number of pyridine rings is 3. The second-order valence-corrected chi connectivity index (χ2v) is 11.4. The Balaban J connectivity index is 1.22. The van der Waals surface area contributed by atoms with Crippen LogP contribution in [0.25, 0.3) is 55.3 Å². The summed E-state index contributed by atoms with van der Waals surface area (Å²) in [5, 5.41) is 10.6.